The Morgan fingerprint density at radius 1 is 0.508 bits per heavy atom. The summed E-state index contributed by atoms with van der Waals surface area (Å²) in [5, 5.41) is 11.6. The molecule has 12 rings (SSSR count). The first-order valence-electron chi connectivity index (χ1n) is 20.4. The molecule has 0 saturated carbocycles. The summed E-state index contributed by atoms with van der Waals surface area (Å²) < 4.78 is 9.56. The molecule has 0 N–H and O–H groups in total. The molecule has 9 aromatic carbocycles. The third kappa shape index (κ3) is 5.30. The lowest BCUT2D eigenvalue weighted by Crippen LogP contribution is -2.17. The zero-order chi connectivity index (χ0) is 39.0. The summed E-state index contributed by atoms with van der Waals surface area (Å²) in [6.07, 6.45) is 3.09. The summed E-state index contributed by atoms with van der Waals surface area (Å²) in [5.74, 6) is 0.794. The van der Waals surface area contributed by atoms with Crippen LogP contribution >= 0.6 is 0 Å². The molecule has 0 bridgehead atoms. The minimum atomic E-state index is 0.114. The van der Waals surface area contributed by atoms with Gasteiger partial charge < -0.3 is 8.98 Å². The van der Waals surface area contributed by atoms with Crippen molar-refractivity contribution in [2.45, 2.75) is 13.3 Å². The van der Waals surface area contributed by atoms with Gasteiger partial charge in [0.2, 0.25) is 0 Å². The van der Waals surface area contributed by atoms with Crippen LogP contribution in [0.2, 0.25) is 0 Å². The summed E-state index contributed by atoms with van der Waals surface area (Å²) in [6, 6.07) is 64.9. The molecule has 0 amide bonds. The van der Waals surface area contributed by atoms with Crippen LogP contribution in [0.15, 0.2) is 202 Å². The minimum absolute atomic E-state index is 0.114. The van der Waals surface area contributed by atoms with Gasteiger partial charge in [0.15, 0.2) is 11.4 Å². The third-order valence-electron chi connectivity index (χ3n) is 12.2. The number of amidine groups is 1. The van der Waals surface area contributed by atoms with Crippen LogP contribution in [0.5, 0.6) is 0 Å². The van der Waals surface area contributed by atoms with Crippen molar-refractivity contribution in [2.24, 2.45) is 15.9 Å². The summed E-state index contributed by atoms with van der Waals surface area (Å²) in [6.45, 7) is 2.28. The van der Waals surface area contributed by atoms with Crippen molar-refractivity contribution in [3.8, 4) is 5.69 Å². The number of nitrogens with zero attached hydrogens (tertiary/aromatic N) is 3. The normalized spacial score (nSPS) is 17.6. The zero-order valence-corrected chi connectivity index (χ0v) is 32.4. The first kappa shape index (κ1) is 33.6. The largest absolute Gasteiger partial charge is 0.454 e. The smallest absolute Gasteiger partial charge is 0.160 e. The van der Waals surface area contributed by atoms with Crippen molar-refractivity contribution in [1.82, 2.24) is 4.57 Å². The van der Waals surface area contributed by atoms with Gasteiger partial charge in [-0.3, -0.25) is 0 Å². The molecule has 0 radical (unpaired) electrons. The van der Waals surface area contributed by atoms with Gasteiger partial charge in [-0.15, -0.1) is 0 Å². The molecule has 0 aliphatic carbocycles. The number of hydrogen-bond donors (Lipinski definition) is 0. The van der Waals surface area contributed by atoms with Crippen molar-refractivity contribution in [1.29, 1.82) is 0 Å². The molecule has 0 saturated heterocycles. The number of aromatic nitrogens is 1. The second-order valence-electron chi connectivity index (χ2n) is 15.7. The Morgan fingerprint density at radius 3 is 1.97 bits per heavy atom. The van der Waals surface area contributed by atoms with E-state index in [0.29, 0.717) is 5.84 Å². The summed E-state index contributed by atoms with van der Waals surface area (Å²) in [7, 11) is 0. The number of aliphatic imine (C=N–C) groups is 2. The van der Waals surface area contributed by atoms with Gasteiger partial charge in [-0.05, 0) is 74.6 Å². The summed E-state index contributed by atoms with van der Waals surface area (Å²) in [4.78, 5) is 11.3. The molecule has 0 fully saturated rings. The highest BCUT2D eigenvalue weighted by atomic mass is 16.3. The van der Waals surface area contributed by atoms with Crippen LogP contribution in [-0.4, -0.2) is 16.1 Å². The number of hydrogen-bond acceptors (Lipinski definition) is 3. The van der Waals surface area contributed by atoms with Gasteiger partial charge in [0, 0.05) is 38.6 Å². The fourth-order valence-electron chi connectivity index (χ4n) is 9.39. The molecule has 1 aliphatic rings. The van der Waals surface area contributed by atoms with Gasteiger partial charge in [0.1, 0.15) is 5.58 Å². The minimum Gasteiger partial charge on any atom is -0.454 e. The van der Waals surface area contributed by atoms with Crippen LogP contribution in [0.4, 0.5) is 0 Å². The van der Waals surface area contributed by atoms with E-state index in [0.717, 1.165) is 89.3 Å². The third-order valence-corrected chi connectivity index (χ3v) is 12.2. The number of furan rings is 1. The molecule has 1 atom stereocenters. The molecule has 1 aliphatic heterocycles. The van der Waals surface area contributed by atoms with E-state index in [9.17, 15) is 0 Å². The fourth-order valence-corrected chi connectivity index (χ4v) is 9.39. The van der Waals surface area contributed by atoms with Crippen molar-refractivity contribution in [2.75, 3.05) is 0 Å². The highest BCUT2D eigenvalue weighted by molar-refractivity contribution is 6.26. The monoisotopic (exact) mass is 755 g/mol. The molecule has 2 aromatic heterocycles. The van der Waals surface area contributed by atoms with Crippen molar-refractivity contribution in [3.63, 3.8) is 0 Å². The molecular weight excluding hydrogens is 719 g/mol. The van der Waals surface area contributed by atoms with E-state index in [1.54, 1.807) is 0 Å². The maximum absolute atomic E-state index is 7.12. The van der Waals surface area contributed by atoms with Gasteiger partial charge >= 0.3 is 0 Å². The maximum Gasteiger partial charge on any atom is 0.160 e. The average Bonchev–Trinajstić information content (AvgIpc) is 3.83. The van der Waals surface area contributed by atoms with Crippen LogP contribution < -0.4 is 0 Å². The van der Waals surface area contributed by atoms with Crippen molar-refractivity contribution >= 4 is 93.3 Å². The zero-order valence-electron chi connectivity index (χ0n) is 32.4. The van der Waals surface area contributed by atoms with E-state index in [1.807, 2.05) is 0 Å². The number of allylic oxidation sites excluding steroid dienone is 1. The topological polar surface area (TPSA) is 42.8 Å². The molecular formula is C55H37N3O. The van der Waals surface area contributed by atoms with E-state index in [2.05, 4.69) is 200 Å². The SMILES string of the molecule is CC1C/C=C(c2c(-n3c4ccccc4c4cc5ccccc5cc43)c3oc4ccccc4c3c3ccccc23)/N=C(c2ccc3ccccc3c2)\N=C/1c1ccccc1. The van der Waals surface area contributed by atoms with Gasteiger partial charge in [-0.25, -0.2) is 9.98 Å². The van der Waals surface area contributed by atoms with Crippen molar-refractivity contribution < 1.29 is 4.42 Å². The molecule has 1 unspecified atom stereocenters. The van der Waals surface area contributed by atoms with Gasteiger partial charge in [-0.2, -0.15) is 0 Å². The fraction of sp³-hybridized carbons (Fsp3) is 0.0545. The predicted octanol–water partition coefficient (Wildman–Crippen LogP) is 14.5. The Hall–Kier alpha value is -7.56. The van der Waals surface area contributed by atoms with Gasteiger partial charge in [0.25, 0.3) is 0 Å². The Bertz CT molecular complexity index is 3600. The molecule has 4 nitrogen and oxygen atoms in total. The van der Waals surface area contributed by atoms with Crippen molar-refractivity contribution in [3.05, 3.63) is 205 Å². The van der Waals surface area contributed by atoms with Crippen LogP contribution in [-0.2, 0) is 0 Å². The standard InChI is InChI=1S/C55H37N3O/c1-34-27-30-46(56-55(57-52(34)36-16-3-2-4-17-36)40-29-28-35-15-5-6-18-37(35)31-40)51-43-23-10-9-22-42(43)50-44-24-12-14-26-49(44)59-54(50)53(51)58-47-25-13-11-21-41(47)45-32-38-19-7-8-20-39(38)33-48(45)58/h2-26,28-34H,27H2,1H3/b46-30+,56-55-,57-52+. The number of benzene rings is 9. The van der Waals surface area contributed by atoms with Crippen LogP contribution in [0.3, 0.4) is 0 Å². The molecule has 11 aromatic rings. The first-order chi connectivity index (χ1) is 29.2. The van der Waals surface area contributed by atoms with Gasteiger partial charge in [0.05, 0.1) is 28.1 Å². The van der Waals surface area contributed by atoms with Crippen LogP contribution in [0, 0.1) is 5.92 Å². The van der Waals surface area contributed by atoms with E-state index >= 15 is 0 Å². The van der Waals surface area contributed by atoms with E-state index < -0.39 is 0 Å². The quantitative estimate of drug-likeness (QED) is 0.176. The molecule has 0 spiro atoms. The molecule has 3 heterocycles. The number of para-hydroxylation sites is 2. The van der Waals surface area contributed by atoms with E-state index in [1.165, 1.54) is 26.9 Å². The molecule has 59 heavy (non-hydrogen) atoms. The average molecular weight is 756 g/mol. The Balaban J connectivity index is 1.25. The van der Waals surface area contributed by atoms with Crippen LogP contribution in [0.1, 0.15) is 30.0 Å². The summed E-state index contributed by atoms with van der Waals surface area (Å²) in [5.41, 5.74) is 9.89. The lowest BCUT2D eigenvalue weighted by molar-refractivity contribution is 0.666. The lowest BCUT2D eigenvalue weighted by atomic mass is 9.91. The van der Waals surface area contributed by atoms with Crippen LogP contribution in [0.25, 0.3) is 87.4 Å². The second kappa shape index (κ2) is 13.3. The highest BCUT2D eigenvalue weighted by Crippen LogP contribution is 2.47. The number of fused-ring (bicyclic) bond motifs is 10. The molecule has 4 heteroatoms. The lowest BCUT2D eigenvalue weighted by Gasteiger charge is -2.22. The Kier molecular flexibility index (Phi) is 7.54. The maximum atomic E-state index is 7.12. The molecule has 278 valence electrons. The van der Waals surface area contributed by atoms with E-state index in [-0.39, 0.29) is 5.92 Å². The predicted molar refractivity (Wildman–Crippen MR) is 248 cm³/mol. The second-order valence-corrected chi connectivity index (χ2v) is 15.7. The first-order valence-corrected chi connectivity index (χ1v) is 20.4. The number of rotatable bonds is 4. The Morgan fingerprint density at radius 2 is 1.15 bits per heavy atom. The highest BCUT2D eigenvalue weighted by Gasteiger charge is 2.28. The Labute approximate surface area is 340 Å². The summed E-state index contributed by atoms with van der Waals surface area (Å²) >= 11 is 0. The van der Waals surface area contributed by atoms with Gasteiger partial charge in [-0.1, -0.05) is 165 Å². The van der Waals surface area contributed by atoms with E-state index in [4.69, 9.17) is 14.4 Å².